The van der Waals surface area contributed by atoms with E-state index in [0.29, 0.717) is 10.8 Å². The SMILES string of the molecule is CCCNCc1cccc(Oc2ccccc2Cl)c1. The minimum Gasteiger partial charge on any atom is -0.456 e. The molecular formula is C16H18ClNO. The number of hydrogen-bond acceptors (Lipinski definition) is 2. The highest BCUT2D eigenvalue weighted by Crippen LogP contribution is 2.29. The van der Waals surface area contributed by atoms with E-state index in [1.807, 2.05) is 42.5 Å². The molecule has 100 valence electrons. The molecule has 0 spiro atoms. The van der Waals surface area contributed by atoms with Crippen molar-refractivity contribution in [3.8, 4) is 11.5 Å². The molecule has 0 bridgehead atoms. The molecule has 19 heavy (non-hydrogen) atoms. The average Bonchev–Trinajstić information content (AvgIpc) is 2.42. The van der Waals surface area contributed by atoms with Crippen molar-refractivity contribution in [3.63, 3.8) is 0 Å². The molecule has 0 fully saturated rings. The van der Waals surface area contributed by atoms with Crippen LogP contribution in [0.2, 0.25) is 5.02 Å². The molecule has 0 heterocycles. The molecule has 0 atom stereocenters. The Labute approximate surface area is 119 Å². The predicted molar refractivity (Wildman–Crippen MR) is 80.0 cm³/mol. The molecule has 1 N–H and O–H groups in total. The molecule has 0 aliphatic carbocycles. The lowest BCUT2D eigenvalue weighted by atomic mass is 10.2. The smallest absolute Gasteiger partial charge is 0.146 e. The lowest BCUT2D eigenvalue weighted by molar-refractivity contribution is 0.482. The molecule has 0 aromatic heterocycles. The second kappa shape index (κ2) is 7.17. The topological polar surface area (TPSA) is 21.3 Å². The van der Waals surface area contributed by atoms with Gasteiger partial charge in [-0.05, 0) is 42.8 Å². The summed E-state index contributed by atoms with van der Waals surface area (Å²) in [6.45, 7) is 4.03. The van der Waals surface area contributed by atoms with Crippen LogP contribution < -0.4 is 10.1 Å². The fourth-order valence-electron chi connectivity index (χ4n) is 1.78. The van der Waals surface area contributed by atoms with Gasteiger partial charge in [-0.2, -0.15) is 0 Å². The first-order valence-corrected chi connectivity index (χ1v) is 6.89. The average molecular weight is 276 g/mol. The summed E-state index contributed by atoms with van der Waals surface area (Å²) in [6, 6.07) is 15.5. The monoisotopic (exact) mass is 275 g/mol. The number of rotatable bonds is 6. The van der Waals surface area contributed by atoms with Gasteiger partial charge in [-0.15, -0.1) is 0 Å². The van der Waals surface area contributed by atoms with Crippen LogP contribution >= 0.6 is 11.6 Å². The number of para-hydroxylation sites is 1. The molecule has 2 nitrogen and oxygen atoms in total. The first-order valence-electron chi connectivity index (χ1n) is 6.51. The van der Waals surface area contributed by atoms with Crippen LogP contribution in [-0.4, -0.2) is 6.54 Å². The van der Waals surface area contributed by atoms with Crippen molar-refractivity contribution in [2.45, 2.75) is 19.9 Å². The van der Waals surface area contributed by atoms with Crippen molar-refractivity contribution in [3.05, 3.63) is 59.1 Å². The van der Waals surface area contributed by atoms with Gasteiger partial charge in [0.1, 0.15) is 11.5 Å². The maximum Gasteiger partial charge on any atom is 0.146 e. The fraction of sp³-hybridized carbons (Fsp3) is 0.250. The van der Waals surface area contributed by atoms with Crippen LogP contribution in [0.4, 0.5) is 0 Å². The van der Waals surface area contributed by atoms with Gasteiger partial charge in [-0.1, -0.05) is 42.8 Å². The second-order valence-corrected chi connectivity index (χ2v) is 4.76. The Morgan fingerprint density at radius 2 is 1.95 bits per heavy atom. The molecule has 0 saturated heterocycles. The van der Waals surface area contributed by atoms with E-state index in [-0.39, 0.29) is 0 Å². The van der Waals surface area contributed by atoms with Crippen molar-refractivity contribution >= 4 is 11.6 Å². The molecular weight excluding hydrogens is 258 g/mol. The molecule has 0 amide bonds. The number of halogens is 1. The summed E-state index contributed by atoms with van der Waals surface area (Å²) < 4.78 is 5.80. The first kappa shape index (κ1) is 13.9. The van der Waals surface area contributed by atoms with Crippen molar-refractivity contribution in [2.24, 2.45) is 0 Å². The van der Waals surface area contributed by atoms with Gasteiger partial charge in [0.2, 0.25) is 0 Å². The Hall–Kier alpha value is -1.51. The molecule has 0 radical (unpaired) electrons. The third-order valence-electron chi connectivity index (χ3n) is 2.72. The van der Waals surface area contributed by atoms with Crippen LogP contribution in [0.25, 0.3) is 0 Å². The lowest BCUT2D eigenvalue weighted by Crippen LogP contribution is -2.13. The highest BCUT2D eigenvalue weighted by molar-refractivity contribution is 6.32. The van der Waals surface area contributed by atoms with E-state index >= 15 is 0 Å². The molecule has 2 rings (SSSR count). The number of hydrogen-bond donors (Lipinski definition) is 1. The highest BCUT2D eigenvalue weighted by Gasteiger charge is 2.02. The third-order valence-corrected chi connectivity index (χ3v) is 3.03. The minimum atomic E-state index is 0.622. The summed E-state index contributed by atoms with van der Waals surface area (Å²) in [4.78, 5) is 0. The summed E-state index contributed by atoms with van der Waals surface area (Å²) in [5, 5.41) is 3.99. The van der Waals surface area contributed by atoms with Crippen molar-refractivity contribution < 1.29 is 4.74 Å². The van der Waals surface area contributed by atoms with Gasteiger partial charge in [0.05, 0.1) is 5.02 Å². The van der Waals surface area contributed by atoms with Crippen LogP contribution in [0.1, 0.15) is 18.9 Å². The van der Waals surface area contributed by atoms with Gasteiger partial charge in [-0.3, -0.25) is 0 Å². The Morgan fingerprint density at radius 1 is 1.11 bits per heavy atom. The Morgan fingerprint density at radius 3 is 2.74 bits per heavy atom. The summed E-state index contributed by atoms with van der Waals surface area (Å²) >= 11 is 6.08. The zero-order valence-corrected chi connectivity index (χ0v) is 11.8. The Balaban J connectivity index is 2.05. The van der Waals surface area contributed by atoms with E-state index in [4.69, 9.17) is 16.3 Å². The Bertz CT molecular complexity index is 528. The summed E-state index contributed by atoms with van der Waals surface area (Å²) in [7, 11) is 0. The summed E-state index contributed by atoms with van der Waals surface area (Å²) in [5.74, 6) is 1.49. The highest BCUT2D eigenvalue weighted by atomic mass is 35.5. The lowest BCUT2D eigenvalue weighted by Gasteiger charge is -2.09. The Kier molecular flexibility index (Phi) is 5.25. The molecule has 2 aromatic carbocycles. The molecule has 3 heteroatoms. The van der Waals surface area contributed by atoms with Crippen LogP contribution in [-0.2, 0) is 6.54 Å². The van der Waals surface area contributed by atoms with Gasteiger partial charge in [0, 0.05) is 6.54 Å². The molecule has 0 aliphatic rings. The molecule has 0 saturated carbocycles. The van der Waals surface area contributed by atoms with Crippen LogP contribution in [0.5, 0.6) is 11.5 Å². The van der Waals surface area contributed by atoms with Crippen molar-refractivity contribution in [1.82, 2.24) is 5.32 Å². The quantitative estimate of drug-likeness (QED) is 0.776. The minimum absolute atomic E-state index is 0.622. The van der Waals surface area contributed by atoms with Gasteiger partial charge in [0.25, 0.3) is 0 Å². The van der Waals surface area contributed by atoms with Gasteiger partial charge >= 0.3 is 0 Å². The molecule has 0 aliphatic heterocycles. The number of ether oxygens (including phenoxy) is 1. The fourth-order valence-corrected chi connectivity index (χ4v) is 1.96. The normalized spacial score (nSPS) is 10.4. The maximum absolute atomic E-state index is 6.08. The largest absolute Gasteiger partial charge is 0.456 e. The number of nitrogens with one attached hydrogen (secondary N) is 1. The predicted octanol–water partition coefficient (Wildman–Crippen LogP) is 4.63. The number of benzene rings is 2. The van der Waals surface area contributed by atoms with E-state index < -0.39 is 0 Å². The van der Waals surface area contributed by atoms with Gasteiger partial charge in [0.15, 0.2) is 0 Å². The van der Waals surface area contributed by atoms with E-state index in [0.717, 1.165) is 25.3 Å². The van der Waals surface area contributed by atoms with E-state index in [9.17, 15) is 0 Å². The summed E-state index contributed by atoms with van der Waals surface area (Å²) in [5.41, 5.74) is 1.21. The third kappa shape index (κ3) is 4.27. The molecule has 2 aromatic rings. The zero-order valence-electron chi connectivity index (χ0n) is 11.0. The maximum atomic E-state index is 6.08. The van der Waals surface area contributed by atoms with Crippen molar-refractivity contribution in [2.75, 3.05) is 6.54 Å². The van der Waals surface area contributed by atoms with Crippen LogP contribution in [0.15, 0.2) is 48.5 Å². The van der Waals surface area contributed by atoms with Crippen LogP contribution in [0.3, 0.4) is 0 Å². The molecule has 0 unspecified atom stereocenters. The van der Waals surface area contributed by atoms with E-state index in [2.05, 4.69) is 18.3 Å². The van der Waals surface area contributed by atoms with Gasteiger partial charge < -0.3 is 10.1 Å². The zero-order chi connectivity index (χ0) is 13.5. The first-order chi connectivity index (χ1) is 9.29. The van der Waals surface area contributed by atoms with Crippen LogP contribution in [0, 0.1) is 0 Å². The summed E-state index contributed by atoms with van der Waals surface area (Å²) in [6.07, 6.45) is 1.13. The standard InChI is InChI=1S/C16H18ClNO/c1-2-10-18-12-13-6-5-7-14(11-13)19-16-9-4-3-8-15(16)17/h3-9,11,18H,2,10,12H2,1H3. The van der Waals surface area contributed by atoms with Gasteiger partial charge in [-0.25, -0.2) is 0 Å². The van der Waals surface area contributed by atoms with E-state index in [1.54, 1.807) is 0 Å². The second-order valence-electron chi connectivity index (χ2n) is 4.36. The van der Waals surface area contributed by atoms with E-state index in [1.165, 1.54) is 5.56 Å². The van der Waals surface area contributed by atoms with Crippen molar-refractivity contribution in [1.29, 1.82) is 0 Å².